The molecule has 2 nitrogen and oxygen atoms in total. The van der Waals surface area contributed by atoms with Gasteiger partial charge in [-0.1, -0.05) is 6.58 Å². The Balaban J connectivity index is 3.63. The molecule has 0 bridgehead atoms. The first kappa shape index (κ1) is 6.86. The maximum atomic E-state index is 3.67. The van der Waals surface area contributed by atoms with Gasteiger partial charge in [-0.05, 0) is 5.87 Å². The van der Waals surface area contributed by atoms with Gasteiger partial charge in [-0.25, -0.2) is 4.99 Å². The van der Waals surface area contributed by atoms with E-state index in [2.05, 4.69) is 22.4 Å². The van der Waals surface area contributed by atoms with Gasteiger partial charge in [0.1, 0.15) is 0 Å². The lowest BCUT2D eigenvalue weighted by molar-refractivity contribution is 1.48. The highest BCUT2D eigenvalue weighted by Crippen LogP contribution is 1.59. The molecule has 2 heteroatoms. The summed E-state index contributed by atoms with van der Waals surface area (Å²) in [6.45, 7) is 3.36. The summed E-state index contributed by atoms with van der Waals surface area (Å²) in [5.74, 6) is 2.57. The van der Waals surface area contributed by atoms with E-state index in [0.29, 0.717) is 0 Å². The quantitative estimate of drug-likeness (QED) is 0.472. The van der Waals surface area contributed by atoms with E-state index in [0.717, 1.165) is 0 Å². The van der Waals surface area contributed by atoms with Gasteiger partial charge in [0, 0.05) is 25.5 Å². The molecule has 8 heavy (non-hydrogen) atoms. The van der Waals surface area contributed by atoms with Crippen molar-refractivity contribution in [3.05, 3.63) is 18.9 Å². The molecule has 42 valence electrons. The van der Waals surface area contributed by atoms with E-state index >= 15 is 0 Å². The van der Waals surface area contributed by atoms with Gasteiger partial charge in [0.15, 0.2) is 0 Å². The molecule has 0 aliphatic carbocycles. The summed E-state index contributed by atoms with van der Waals surface area (Å²) in [7, 11) is 1.69. The highest BCUT2D eigenvalue weighted by molar-refractivity contribution is 5.82. The second-order valence-corrected chi connectivity index (χ2v) is 1.01. The number of nitrogens with zero attached hydrogens (tertiary/aromatic N) is 2. The number of hydrogen-bond acceptors (Lipinski definition) is 2. The van der Waals surface area contributed by atoms with Crippen molar-refractivity contribution in [3.8, 4) is 0 Å². The van der Waals surface area contributed by atoms with Crippen LogP contribution in [0.2, 0.25) is 0 Å². The fraction of sp³-hybridized carbons (Fsp3) is 0.167. The summed E-state index contributed by atoms with van der Waals surface area (Å²) in [5.41, 5.74) is 0. The van der Waals surface area contributed by atoms with Gasteiger partial charge >= 0.3 is 0 Å². The summed E-state index contributed by atoms with van der Waals surface area (Å²) in [6, 6.07) is 0. The second-order valence-electron chi connectivity index (χ2n) is 1.01. The van der Waals surface area contributed by atoms with Crippen molar-refractivity contribution in [2.75, 3.05) is 7.05 Å². The molecule has 0 atom stereocenters. The molecule has 0 amide bonds. The zero-order chi connectivity index (χ0) is 6.24. The molecular weight excluding hydrogens is 100 g/mol. The number of allylic oxidation sites excluding steroid dienone is 1. The molecule has 0 rings (SSSR count). The van der Waals surface area contributed by atoms with E-state index in [9.17, 15) is 0 Å². The van der Waals surface area contributed by atoms with Crippen molar-refractivity contribution >= 4 is 12.1 Å². The van der Waals surface area contributed by atoms with Crippen molar-refractivity contribution in [1.29, 1.82) is 0 Å². The van der Waals surface area contributed by atoms with Crippen LogP contribution in [0.4, 0.5) is 0 Å². The Morgan fingerprint density at radius 2 is 2.38 bits per heavy atom. The van der Waals surface area contributed by atoms with E-state index in [4.69, 9.17) is 0 Å². The first-order chi connectivity index (χ1) is 3.91. The highest BCUT2D eigenvalue weighted by atomic mass is 14.6. The monoisotopic (exact) mass is 108 g/mol. The van der Waals surface area contributed by atoms with Gasteiger partial charge in [0.25, 0.3) is 0 Å². The van der Waals surface area contributed by atoms with E-state index in [1.807, 2.05) is 0 Å². The Morgan fingerprint density at radius 1 is 1.62 bits per heavy atom. The fourth-order valence-corrected chi connectivity index (χ4v) is 0.204. The molecule has 0 spiro atoms. The van der Waals surface area contributed by atoms with Crippen LogP contribution in [0, 0.1) is 0 Å². The van der Waals surface area contributed by atoms with Crippen molar-refractivity contribution in [1.82, 2.24) is 0 Å². The summed E-state index contributed by atoms with van der Waals surface area (Å²) in [6.07, 6.45) is 4.63. The maximum absolute atomic E-state index is 3.67. The molecule has 0 fully saturated rings. The Labute approximate surface area is 49.0 Å². The lowest BCUT2D eigenvalue weighted by atomic mass is 10.7. The Bertz CT molecular complexity index is 139. The van der Waals surface area contributed by atoms with E-state index in [1.54, 1.807) is 19.3 Å². The summed E-state index contributed by atoms with van der Waals surface area (Å²) >= 11 is 0. The van der Waals surface area contributed by atoms with Crippen LogP contribution in [0.1, 0.15) is 0 Å². The standard InChI is InChI=1S/C6H8N2/c1-3-8-6-4-5-7-2/h3-5H,1H2,2H3/b7-5-. The number of hydrogen-bond donors (Lipinski definition) is 0. The predicted octanol–water partition coefficient (Wildman–Crippen LogP) is 1.06. The van der Waals surface area contributed by atoms with Crippen LogP contribution in [-0.4, -0.2) is 19.1 Å². The van der Waals surface area contributed by atoms with Gasteiger partial charge in [-0.2, -0.15) is 0 Å². The van der Waals surface area contributed by atoms with Crippen LogP contribution < -0.4 is 0 Å². The predicted molar refractivity (Wildman–Crippen MR) is 36.6 cm³/mol. The Kier molecular flexibility index (Phi) is 5.02. The molecule has 0 aliphatic heterocycles. The topological polar surface area (TPSA) is 24.7 Å². The average molecular weight is 108 g/mol. The highest BCUT2D eigenvalue weighted by Gasteiger charge is 1.51. The van der Waals surface area contributed by atoms with Crippen LogP contribution in [-0.2, 0) is 0 Å². The van der Waals surface area contributed by atoms with Crippen molar-refractivity contribution in [2.24, 2.45) is 9.98 Å². The van der Waals surface area contributed by atoms with Crippen molar-refractivity contribution in [3.63, 3.8) is 0 Å². The summed E-state index contributed by atoms with van der Waals surface area (Å²) in [5, 5.41) is 0. The maximum Gasteiger partial charge on any atom is 0.0301 e. The lowest BCUT2D eigenvalue weighted by Crippen LogP contribution is -1.60. The average Bonchev–Trinajstić information content (AvgIpc) is 1.81. The lowest BCUT2D eigenvalue weighted by Gasteiger charge is -1.62. The third-order valence-electron chi connectivity index (χ3n) is 0.464. The molecule has 0 saturated heterocycles. The molecule has 0 aromatic carbocycles. The minimum atomic E-state index is 1.42. The molecule has 0 N–H and O–H groups in total. The van der Waals surface area contributed by atoms with E-state index in [-0.39, 0.29) is 0 Å². The first-order valence-corrected chi connectivity index (χ1v) is 2.22. The minimum Gasteiger partial charge on any atom is -0.296 e. The molecule has 0 aromatic rings. The second kappa shape index (κ2) is 5.86. The number of rotatable bonds is 2. The largest absolute Gasteiger partial charge is 0.296 e. The zero-order valence-electron chi connectivity index (χ0n) is 4.83. The third-order valence-corrected chi connectivity index (χ3v) is 0.464. The van der Waals surface area contributed by atoms with Crippen molar-refractivity contribution in [2.45, 2.75) is 0 Å². The van der Waals surface area contributed by atoms with Crippen LogP contribution in [0.3, 0.4) is 0 Å². The molecule has 0 aromatic heterocycles. The van der Waals surface area contributed by atoms with Crippen molar-refractivity contribution < 1.29 is 0 Å². The fourth-order valence-electron chi connectivity index (χ4n) is 0.204. The third kappa shape index (κ3) is 4.86. The smallest absolute Gasteiger partial charge is 0.0301 e. The van der Waals surface area contributed by atoms with Crippen LogP contribution >= 0.6 is 0 Å². The van der Waals surface area contributed by atoms with E-state index < -0.39 is 0 Å². The number of aliphatic imine (C=N–C) groups is 2. The van der Waals surface area contributed by atoms with Gasteiger partial charge in [-0.3, -0.25) is 4.99 Å². The zero-order valence-corrected chi connectivity index (χ0v) is 4.83. The molecule has 0 saturated carbocycles. The normalized spacial score (nSPS) is 8.12. The van der Waals surface area contributed by atoms with E-state index in [1.165, 1.54) is 6.20 Å². The first-order valence-electron chi connectivity index (χ1n) is 2.22. The molecule has 0 heterocycles. The minimum absolute atomic E-state index is 1.42. The molecule has 0 unspecified atom stereocenters. The van der Waals surface area contributed by atoms with Gasteiger partial charge < -0.3 is 0 Å². The van der Waals surface area contributed by atoms with Gasteiger partial charge in [0.05, 0.1) is 0 Å². The SMILES string of the molecule is C=CN=C=C/C=N\C. The molecular formula is C6H8N2. The van der Waals surface area contributed by atoms with Crippen LogP contribution in [0.5, 0.6) is 0 Å². The van der Waals surface area contributed by atoms with Gasteiger partial charge in [-0.15, -0.1) is 0 Å². The van der Waals surface area contributed by atoms with Crippen LogP contribution in [0.25, 0.3) is 0 Å². The Morgan fingerprint density at radius 3 is 2.88 bits per heavy atom. The van der Waals surface area contributed by atoms with Crippen LogP contribution in [0.15, 0.2) is 28.8 Å². The molecule has 0 aliphatic rings. The Hall–Kier alpha value is -1.14. The summed E-state index contributed by atoms with van der Waals surface area (Å²) < 4.78 is 0. The molecule has 0 radical (unpaired) electrons. The summed E-state index contributed by atoms with van der Waals surface area (Å²) in [4.78, 5) is 7.25. The van der Waals surface area contributed by atoms with Gasteiger partial charge in [0.2, 0.25) is 0 Å².